The average Bonchev–Trinajstić information content (AvgIpc) is 2.33. The van der Waals surface area contributed by atoms with E-state index in [1.165, 1.54) is 13.3 Å². The van der Waals surface area contributed by atoms with Crippen LogP contribution >= 0.6 is 11.6 Å². The molecule has 0 spiro atoms. The summed E-state index contributed by atoms with van der Waals surface area (Å²) in [5.41, 5.74) is 0. The molecule has 0 unspecified atom stereocenters. The third-order valence-corrected chi connectivity index (χ3v) is 2.46. The summed E-state index contributed by atoms with van der Waals surface area (Å²) >= 11 is 5.67. The third-order valence-electron chi connectivity index (χ3n) is 2.28. The number of carbonyl (C=O) groups excluding carboxylic acids is 1. The van der Waals surface area contributed by atoms with Gasteiger partial charge in [0.15, 0.2) is 0 Å². The molecule has 0 radical (unpaired) electrons. The zero-order chi connectivity index (χ0) is 12.7. The first-order chi connectivity index (χ1) is 8.17. The smallest absolute Gasteiger partial charge is 0.328 e. The molecular weight excluding hydrogens is 242 g/mol. The summed E-state index contributed by atoms with van der Waals surface area (Å²) in [5, 5.41) is 3.14. The van der Waals surface area contributed by atoms with Gasteiger partial charge in [0.25, 0.3) is 0 Å². The topological polar surface area (TPSA) is 64.1 Å². The molecule has 0 aliphatic carbocycles. The molecule has 0 saturated heterocycles. The van der Waals surface area contributed by atoms with E-state index in [9.17, 15) is 4.79 Å². The number of rotatable bonds is 6. The largest absolute Gasteiger partial charge is 0.467 e. The van der Waals surface area contributed by atoms with Crippen molar-refractivity contribution in [3.63, 3.8) is 0 Å². The fraction of sp³-hybridized carbons (Fsp3) is 0.545. The highest BCUT2D eigenvalue weighted by atomic mass is 35.5. The number of esters is 1. The van der Waals surface area contributed by atoms with Crippen LogP contribution in [0.4, 0.5) is 5.82 Å². The van der Waals surface area contributed by atoms with E-state index in [4.69, 9.17) is 16.3 Å². The molecule has 0 bridgehead atoms. The van der Waals surface area contributed by atoms with Crippen molar-refractivity contribution in [3.05, 3.63) is 17.5 Å². The highest BCUT2D eigenvalue weighted by Crippen LogP contribution is 2.11. The van der Waals surface area contributed by atoms with Crippen LogP contribution in [-0.4, -0.2) is 29.1 Å². The van der Waals surface area contributed by atoms with Gasteiger partial charge in [0, 0.05) is 6.20 Å². The van der Waals surface area contributed by atoms with E-state index in [1.807, 2.05) is 0 Å². The fourth-order valence-electron chi connectivity index (χ4n) is 1.39. The maximum Gasteiger partial charge on any atom is 0.328 e. The summed E-state index contributed by atoms with van der Waals surface area (Å²) in [6, 6.07) is 1.26. The van der Waals surface area contributed by atoms with Crippen molar-refractivity contribution >= 4 is 23.4 Å². The summed E-state index contributed by atoms with van der Waals surface area (Å²) in [7, 11) is 1.37. The third kappa shape index (κ3) is 4.56. The number of methoxy groups -OCH3 is 1. The number of hydrogen-bond acceptors (Lipinski definition) is 5. The van der Waals surface area contributed by atoms with Crippen molar-refractivity contribution in [1.82, 2.24) is 9.97 Å². The second-order valence-corrected chi connectivity index (χ2v) is 3.91. The first-order valence-corrected chi connectivity index (χ1v) is 5.88. The first-order valence-electron chi connectivity index (χ1n) is 5.50. The SMILES string of the molecule is CCCC[C@@H](Nc1ccnc(Cl)n1)C(=O)OC. The molecule has 0 aliphatic heterocycles. The number of ether oxygens (including phenoxy) is 1. The van der Waals surface area contributed by atoms with Gasteiger partial charge in [-0.05, 0) is 24.1 Å². The molecule has 17 heavy (non-hydrogen) atoms. The molecule has 1 aromatic rings. The monoisotopic (exact) mass is 257 g/mol. The van der Waals surface area contributed by atoms with Crippen LogP contribution in [0.25, 0.3) is 0 Å². The van der Waals surface area contributed by atoms with Gasteiger partial charge < -0.3 is 10.1 Å². The molecule has 6 heteroatoms. The number of unbranched alkanes of at least 4 members (excludes halogenated alkanes) is 1. The number of hydrogen-bond donors (Lipinski definition) is 1. The molecular formula is C11H16ClN3O2. The van der Waals surface area contributed by atoms with Crippen molar-refractivity contribution in [2.45, 2.75) is 32.2 Å². The lowest BCUT2D eigenvalue weighted by Gasteiger charge is -2.16. The first kappa shape index (κ1) is 13.7. The van der Waals surface area contributed by atoms with E-state index in [-0.39, 0.29) is 11.3 Å². The number of nitrogens with zero attached hydrogens (tertiary/aromatic N) is 2. The summed E-state index contributed by atoms with van der Waals surface area (Å²) in [5.74, 6) is 0.227. The Balaban J connectivity index is 2.68. The highest BCUT2D eigenvalue weighted by molar-refractivity contribution is 6.28. The van der Waals surface area contributed by atoms with Gasteiger partial charge in [0.05, 0.1) is 7.11 Å². The molecule has 0 aliphatic rings. The zero-order valence-electron chi connectivity index (χ0n) is 9.94. The molecule has 1 aromatic heterocycles. The minimum absolute atomic E-state index is 0.147. The predicted molar refractivity (Wildman–Crippen MR) is 66.0 cm³/mol. The van der Waals surface area contributed by atoms with Crippen LogP contribution in [0, 0.1) is 0 Å². The van der Waals surface area contributed by atoms with E-state index in [1.54, 1.807) is 6.07 Å². The minimum Gasteiger partial charge on any atom is -0.467 e. The molecule has 94 valence electrons. The molecule has 1 N–H and O–H groups in total. The molecule has 5 nitrogen and oxygen atoms in total. The number of carbonyl (C=O) groups is 1. The van der Waals surface area contributed by atoms with Gasteiger partial charge in [0.2, 0.25) is 5.28 Å². The normalized spacial score (nSPS) is 11.9. The van der Waals surface area contributed by atoms with E-state index in [0.29, 0.717) is 12.2 Å². The number of halogens is 1. The van der Waals surface area contributed by atoms with Gasteiger partial charge in [-0.15, -0.1) is 0 Å². The fourth-order valence-corrected chi connectivity index (χ4v) is 1.54. The van der Waals surface area contributed by atoms with Gasteiger partial charge in [-0.25, -0.2) is 14.8 Å². The summed E-state index contributed by atoms with van der Waals surface area (Å²) in [6.45, 7) is 2.07. The van der Waals surface area contributed by atoms with Gasteiger partial charge in [-0.2, -0.15) is 0 Å². The maximum absolute atomic E-state index is 11.5. The number of nitrogens with one attached hydrogen (secondary N) is 1. The molecule has 1 atom stereocenters. The van der Waals surface area contributed by atoms with Crippen molar-refractivity contribution in [1.29, 1.82) is 0 Å². The van der Waals surface area contributed by atoms with Crippen LogP contribution in [0.2, 0.25) is 5.28 Å². The van der Waals surface area contributed by atoms with Crippen molar-refractivity contribution in [3.8, 4) is 0 Å². The molecule has 0 saturated carbocycles. The van der Waals surface area contributed by atoms with Crippen molar-refractivity contribution < 1.29 is 9.53 Å². The Bertz CT molecular complexity index is 373. The van der Waals surface area contributed by atoms with Crippen LogP contribution in [0.1, 0.15) is 26.2 Å². The van der Waals surface area contributed by atoms with Gasteiger partial charge >= 0.3 is 5.97 Å². The second kappa shape index (κ2) is 7.06. The van der Waals surface area contributed by atoms with E-state index < -0.39 is 6.04 Å². The predicted octanol–water partition coefficient (Wildman–Crippen LogP) is 2.27. The Morgan fingerprint density at radius 3 is 3.00 bits per heavy atom. The highest BCUT2D eigenvalue weighted by Gasteiger charge is 2.18. The minimum atomic E-state index is -0.397. The Morgan fingerprint density at radius 1 is 1.65 bits per heavy atom. The quantitative estimate of drug-likeness (QED) is 0.626. The lowest BCUT2D eigenvalue weighted by atomic mass is 10.1. The zero-order valence-corrected chi connectivity index (χ0v) is 10.7. The molecule has 1 heterocycles. The van der Waals surface area contributed by atoms with Crippen LogP contribution in [-0.2, 0) is 9.53 Å². The van der Waals surface area contributed by atoms with E-state index in [2.05, 4.69) is 22.2 Å². The standard InChI is InChI=1S/C11H16ClN3O2/c1-3-4-5-8(10(16)17-2)14-9-6-7-13-11(12)15-9/h6-8H,3-5H2,1-2H3,(H,13,14,15)/t8-/m1/s1. The maximum atomic E-state index is 11.5. The van der Waals surface area contributed by atoms with E-state index >= 15 is 0 Å². The van der Waals surface area contributed by atoms with Crippen molar-refractivity contribution in [2.75, 3.05) is 12.4 Å². The Morgan fingerprint density at radius 2 is 2.41 bits per heavy atom. The Labute approximate surface area is 106 Å². The van der Waals surface area contributed by atoms with Gasteiger partial charge in [-0.1, -0.05) is 19.8 Å². The molecule has 0 fully saturated rings. The van der Waals surface area contributed by atoms with Crippen LogP contribution in [0.15, 0.2) is 12.3 Å². The second-order valence-electron chi connectivity index (χ2n) is 3.57. The Hall–Kier alpha value is -1.36. The molecule has 0 amide bonds. The van der Waals surface area contributed by atoms with Crippen LogP contribution in [0.3, 0.4) is 0 Å². The van der Waals surface area contributed by atoms with Crippen molar-refractivity contribution in [2.24, 2.45) is 0 Å². The summed E-state index contributed by atoms with van der Waals surface area (Å²) in [6.07, 6.45) is 4.18. The van der Waals surface area contributed by atoms with Crippen LogP contribution in [0.5, 0.6) is 0 Å². The van der Waals surface area contributed by atoms with E-state index in [0.717, 1.165) is 12.8 Å². The molecule has 0 aromatic carbocycles. The van der Waals surface area contributed by atoms with Gasteiger partial charge in [-0.3, -0.25) is 0 Å². The Kier molecular flexibility index (Phi) is 5.69. The summed E-state index contributed by atoms with van der Waals surface area (Å²) in [4.78, 5) is 19.3. The number of anilines is 1. The molecule has 1 rings (SSSR count). The van der Waals surface area contributed by atoms with Crippen LogP contribution < -0.4 is 5.32 Å². The van der Waals surface area contributed by atoms with Gasteiger partial charge in [0.1, 0.15) is 11.9 Å². The average molecular weight is 258 g/mol. The number of aromatic nitrogens is 2. The lowest BCUT2D eigenvalue weighted by molar-refractivity contribution is -0.141. The lowest BCUT2D eigenvalue weighted by Crippen LogP contribution is -2.31. The summed E-state index contributed by atoms with van der Waals surface area (Å²) < 4.78 is 4.73.